The molecule has 1 heterocycles. The highest BCUT2D eigenvalue weighted by atomic mass is 15.3. The van der Waals surface area contributed by atoms with Gasteiger partial charge < -0.3 is 0 Å². The van der Waals surface area contributed by atoms with Gasteiger partial charge in [0.1, 0.15) is 0 Å². The van der Waals surface area contributed by atoms with Crippen LogP contribution in [0.4, 0.5) is 0 Å². The Balaban J connectivity index is 1.82. The van der Waals surface area contributed by atoms with E-state index in [-0.39, 0.29) is 0 Å². The molecule has 1 aliphatic heterocycles. The van der Waals surface area contributed by atoms with E-state index < -0.39 is 0 Å². The first-order valence-electron chi connectivity index (χ1n) is 11.5. The number of allylic oxidation sites excluding steroid dienone is 1. The van der Waals surface area contributed by atoms with Crippen LogP contribution in [0.5, 0.6) is 0 Å². The number of nitrogens with one attached hydrogen (secondary N) is 1. The monoisotopic (exact) mass is 350 g/mol. The Bertz CT molecular complexity index is 300. The summed E-state index contributed by atoms with van der Waals surface area (Å²) in [6, 6.07) is 0. The van der Waals surface area contributed by atoms with Crippen molar-refractivity contribution in [2.24, 2.45) is 0 Å². The highest BCUT2D eigenvalue weighted by Crippen LogP contribution is 2.13. The molecule has 1 atom stereocenters. The molecule has 0 amide bonds. The molecule has 0 aliphatic carbocycles. The maximum atomic E-state index is 3.61. The normalized spacial score (nSPS) is 19.0. The molecular formula is C23H46N2. The molecule has 0 aromatic rings. The third-order valence-electron chi connectivity index (χ3n) is 5.57. The van der Waals surface area contributed by atoms with Crippen molar-refractivity contribution in [2.75, 3.05) is 19.6 Å². The molecule has 1 aliphatic rings. The topological polar surface area (TPSA) is 15.3 Å². The van der Waals surface area contributed by atoms with Crippen molar-refractivity contribution in [3.8, 4) is 0 Å². The number of unbranched alkanes of at least 4 members (excludes halogenated alkanes) is 13. The first kappa shape index (κ1) is 22.7. The van der Waals surface area contributed by atoms with Gasteiger partial charge in [0.15, 0.2) is 0 Å². The van der Waals surface area contributed by atoms with Gasteiger partial charge in [-0.25, -0.2) is 0 Å². The fraction of sp³-hybridized carbons (Fsp3) is 0.913. The van der Waals surface area contributed by atoms with Crippen molar-refractivity contribution < 1.29 is 0 Å². The molecule has 1 unspecified atom stereocenters. The summed E-state index contributed by atoms with van der Waals surface area (Å²) >= 11 is 0. The van der Waals surface area contributed by atoms with Crippen molar-refractivity contribution in [1.29, 1.82) is 0 Å². The molecule has 0 aromatic carbocycles. The molecule has 1 rings (SSSR count). The summed E-state index contributed by atoms with van der Waals surface area (Å²) in [4.78, 5) is 2.53. The van der Waals surface area contributed by atoms with Crippen molar-refractivity contribution in [1.82, 2.24) is 10.2 Å². The molecule has 1 N–H and O–H groups in total. The van der Waals surface area contributed by atoms with Crippen LogP contribution in [-0.4, -0.2) is 30.7 Å². The van der Waals surface area contributed by atoms with E-state index in [4.69, 9.17) is 0 Å². The molecule has 1 fully saturated rings. The second-order valence-electron chi connectivity index (χ2n) is 7.84. The maximum absolute atomic E-state index is 3.61. The van der Waals surface area contributed by atoms with Crippen LogP contribution >= 0.6 is 0 Å². The highest BCUT2D eigenvalue weighted by molar-refractivity contribution is 4.94. The summed E-state index contributed by atoms with van der Waals surface area (Å²) in [6.07, 6.45) is 26.6. The van der Waals surface area contributed by atoms with Crippen LogP contribution < -0.4 is 5.32 Å². The Morgan fingerprint density at radius 2 is 1.36 bits per heavy atom. The zero-order valence-electron chi connectivity index (χ0n) is 17.4. The summed E-state index contributed by atoms with van der Waals surface area (Å²) < 4.78 is 0. The summed E-state index contributed by atoms with van der Waals surface area (Å²) in [7, 11) is 0. The predicted octanol–water partition coefficient (Wildman–Crippen LogP) is 6.67. The van der Waals surface area contributed by atoms with Gasteiger partial charge in [-0.1, -0.05) is 103 Å². The molecule has 2 heteroatoms. The second kappa shape index (κ2) is 17.1. The van der Waals surface area contributed by atoms with E-state index >= 15 is 0 Å². The standard InChI is InChI=1S/C23H46N2/c1-3-5-6-7-8-9-10-11-12-13-14-15-16-17-18-20-23-24-21-19-22-25(23)4-2/h18,20,23-24H,3-17,19,21-22H2,1-2H3. The number of hydrogen-bond donors (Lipinski definition) is 1. The minimum absolute atomic E-state index is 0.487. The first-order valence-corrected chi connectivity index (χ1v) is 11.5. The molecule has 0 bridgehead atoms. The Morgan fingerprint density at radius 3 is 1.92 bits per heavy atom. The molecule has 0 aromatic heterocycles. The number of hydrogen-bond acceptors (Lipinski definition) is 2. The average Bonchev–Trinajstić information content (AvgIpc) is 2.65. The lowest BCUT2D eigenvalue weighted by atomic mass is 10.0. The van der Waals surface area contributed by atoms with Gasteiger partial charge in [-0.3, -0.25) is 10.2 Å². The molecule has 0 spiro atoms. The minimum atomic E-state index is 0.487. The summed E-state index contributed by atoms with van der Waals surface area (Å²) in [5.41, 5.74) is 0. The van der Waals surface area contributed by atoms with Crippen molar-refractivity contribution in [3.63, 3.8) is 0 Å². The average molecular weight is 351 g/mol. The van der Waals surface area contributed by atoms with Crippen LogP contribution in [0.3, 0.4) is 0 Å². The predicted molar refractivity (Wildman–Crippen MR) is 113 cm³/mol. The van der Waals surface area contributed by atoms with Crippen molar-refractivity contribution in [3.05, 3.63) is 12.2 Å². The summed E-state index contributed by atoms with van der Waals surface area (Å²) in [5.74, 6) is 0. The molecule has 148 valence electrons. The molecular weight excluding hydrogens is 304 g/mol. The van der Waals surface area contributed by atoms with Crippen molar-refractivity contribution >= 4 is 0 Å². The van der Waals surface area contributed by atoms with E-state index in [1.807, 2.05) is 0 Å². The van der Waals surface area contributed by atoms with Gasteiger partial charge >= 0.3 is 0 Å². The maximum Gasteiger partial charge on any atom is 0.0789 e. The van der Waals surface area contributed by atoms with E-state index in [0.717, 1.165) is 6.54 Å². The van der Waals surface area contributed by atoms with Gasteiger partial charge in [-0.15, -0.1) is 0 Å². The van der Waals surface area contributed by atoms with Gasteiger partial charge in [0.2, 0.25) is 0 Å². The Morgan fingerprint density at radius 1 is 0.800 bits per heavy atom. The SMILES string of the molecule is CCCCCCCCCCCCCCCC=CC1NCCCN1CC. The molecule has 1 saturated heterocycles. The van der Waals surface area contributed by atoms with Crippen molar-refractivity contribution in [2.45, 2.75) is 116 Å². The lowest BCUT2D eigenvalue weighted by molar-refractivity contribution is 0.172. The molecule has 0 radical (unpaired) electrons. The molecule has 25 heavy (non-hydrogen) atoms. The van der Waals surface area contributed by atoms with Gasteiger partial charge in [-0.2, -0.15) is 0 Å². The van der Waals surface area contributed by atoms with Crippen LogP contribution in [0.2, 0.25) is 0 Å². The first-order chi connectivity index (χ1) is 12.4. The lowest BCUT2D eigenvalue weighted by Gasteiger charge is -2.33. The third kappa shape index (κ3) is 12.6. The van der Waals surface area contributed by atoms with Crippen LogP contribution in [0.15, 0.2) is 12.2 Å². The fourth-order valence-electron chi connectivity index (χ4n) is 3.85. The highest BCUT2D eigenvalue weighted by Gasteiger charge is 2.16. The Hall–Kier alpha value is -0.340. The Kier molecular flexibility index (Phi) is 15.5. The third-order valence-corrected chi connectivity index (χ3v) is 5.57. The molecule has 0 saturated carbocycles. The van der Waals surface area contributed by atoms with Crippen LogP contribution in [0.25, 0.3) is 0 Å². The number of rotatable bonds is 16. The summed E-state index contributed by atoms with van der Waals surface area (Å²) in [5, 5.41) is 3.61. The Labute approximate surface area is 158 Å². The van der Waals surface area contributed by atoms with E-state index in [1.165, 1.54) is 109 Å². The van der Waals surface area contributed by atoms with E-state index in [0.29, 0.717) is 6.17 Å². The lowest BCUT2D eigenvalue weighted by Crippen LogP contribution is -2.49. The van der Waals surface area contributed by atoms with Gasteiger partial charge in [0.25, 0.3) is 0 Å². The fourth-order valence-corrected chi connectivity index (χ4v) is 3.85. The number of likely N-dealkylation sites (N-methyl/N-ethyl adjacent to an activating group) is 1. The van der Waals surface area contributed by atoms with Gasteiger partial charge in [-0.05, 0) is 32.4 Å². The van der Waals surface area contributed by atoms with Crippen LogP contribution in [0.1, 0.15) is 110 Å². The van der Waals surface area contributed by atoms with Crippen LogP contribution in [0, 0.1) is 0 Å². The zero-order valence-corrected chi connectivity index (χ0v) is 17.4. The minimum Gasteiger partial charge on any atom is -0.298 e. The van der Waals surface area contributed by atoms with Gasteiger partial charge in [0, 0.05) is 6.54 Å². The van der Waals surface area contributed by atoms with E-state index in [9.17, 15) is 0 Å². The quantitative estimate of drug-likeness (QED) is 0.247. The van der Waals surface area contributed by atoms with E-state index in [1.54, 1.807) is 0 Å². The van der Waals surface area contributed by atoms with E-state index in [2.05, 4.69) is 36.2 Å². The summed E-state index contributed by atoms with van der Waals surface area (Å²) in [6.45, 7) is 8.13. The van der Waals surface area contributed by atoms with Gasteiger partial charge in [0.05, 0.1) is 6.17 Å². The largest absolute Gasteiger partial charge is 0.298 e. The molecule has 2 nitrogen and oxygen atoms in total. The number of nitrogens with zero attached hydrogens (tertiary/aromatic N) is 1. The van der Waals surface area contributed by atoms with Crippen LogP contribution in [-0.2, 0) is 0 Å². The second-order valence-corrected chi connectivity index (χ2v) is 7.84. The zero-order chi connectivity index (χ0) is 18.0. The smallest absolute Gasteiger partial charge is 0.0789 e.